The van der Waals surface area contributed by atoms with Gasteiger partial charge in [0.25, 0.3) is 0 Å². The van der Waals surface area contributed by atoms with Crippen LogP contribution in [-0.4, -0.2) is 6.69 Å². The Morgan fingerprint density at radius 2 is 1.00 bits per heavy atom. The number of rotatable bonds is 1. The van der Waals surface area contributed by atoms with Crippen molar-refractivity contribution in [2.75, 3.05) is 0 Å². The maximum Gasteiger partial charge on any atom is 0.200 e. The topological polar surface area (TPSA) is 0 Å². The third kappa shape index (κ3) is 2.08. The van der Waals surface area contributed by atoms with Crippen molar-refractivity contribution in [3.63, 3.8) is 0 Å². The second-order valence-corrected chi connectivity index (χ2v) is 12.8. The molecule has 0 aliphatic carbocycles. The molecule has 0 N–H and O–H groups in total. The molecule has 0 spiro atoms. The van der Waals surface area contributed by atoms with Crippen LogP contribution in [0.1, 0.15) is 0 Å². The van der Waals surface area contributed by atoms with E-state index in [9.17, 15) is 22.0 Å². The normalized spacial score (nSPS) is 12.0. The smallest absolute Gasteiger partial charge is 0.200 e. The van der Waals surface area contributed by atoms with Gasteiger partial charge in [-0.25, -0.2) is 22.0 Å². The van der Waals surface area contributed by atoms with E-state index in [-0.39, 0.29) is 0 Å². The molecule has 0 aromatic heterocycles. The van der Waals surface area contributed by atoms with Gasteiger partial charge in [0.1, 0.15) is 0 Å². The largest absolute Gasteiger partial charge is 0.204 e. The molecular weight excluding hydrogens is 299 g/mol. The summed E-state index contributed by atoms with van der Waals surface area (Å²) in [5.41, 5.74) is 0. The predicted molar refractivity (Wildman–Crippen MR) is 52.3 cm³/mol. The van der Waals surface area contributed by atoms with E-state index in [0.29, 0.717) is 0 Å². The lowest BCUT2D eigenvalue weighted by Crippen LogP contribution is -2.41. The number of halogens is 6. The van der Waals surface area contributed by atoms with Crippen LogP contribution in [0.25, 0.3) is 0 Å². The third-order valence-electron chi connectivity index (χ3n) is 1.80. The molecule has 15 heavy (non-hydrogen) atoms. The van der Waals surface area contributed by atoms with Crippen molar-refractivity contribution in [2.45, 2.75) is 13.1 Å². The molecule has 1 aromatic rings. The summed E-state index contributed by atoms with van der Waals surface area (Å²) in [5, 5.41) is -0.737. The summed E-state index contributed by atoms with van der Waals surface area (Å²) in [4.78, 5) is 0. The Balaban J connectivity index is 3.68. The fourth-order valence-corrected chi connectivity index (χ4v) is 3.43. The van der Waals surface area contributed by atoms with Crippen LogP contribution in [-0.2, 0) is 0 Å². The summed E-state index contributed by atoms with van der Waals surface area (Å²) >= 11 is 2.98. The molecule has 0 aliphatic heterocycles. The van der Waals surface area contributed by atoms with Crippen molar-refractivity contribution in [3.8, 4) is 0 Å². The van der Waals surface area contributed by atoms with Gasteiger partial charge in [-0.15, -0.1) is 15.3 Å². The van der Waals surface area contributed by atoms with E-state index in [4.69, 9.17) is 0 Å². The first-order valence-corrected chi connectivity index (χ1v) is 9.14. The van der Waals surface area contributed by atoms with Gasteiger partial charge in [-0.2, -0.15) is 0 Å². The summed E-state index contributed by atoms with van der Waals surface area (Å²) in [5.74, 6) is -9.42. The third-order valence-corrected chi connectivity index (χ3v) is 4.62. The molecule has 84 valence electrons. The molecule has 0 heterocycles. The van der Waals surface area contributed by atoms with Crippen molar-refractivity contribution in [3.05, 3.63) is 29.1 Å². The highest BCUT2D eigenvalue weighted by Gasteiger charge is 2.34. The van der Waals surface area contributed by atoms with Crippen LogP contribution < -0.4 is 5.19 Å². The lowest BCUT2D eigenvalue weighted by Gasteiger charge is -2.17. The van der Waals surface area contributed by atoms with Gasteiger partial charge in [0.2, 0.25) is 5.82 Å². The molecule has 0 bridgehead atoms. The van der Waals surface area contributed by atoms with E-state index in [1.54, 1.807) is 0 Å². The number of hydrogen-bond donors (Lipinski definition) is 0. The highest BCUT2D eigenvalue weighted by molar-refractivity contribution is 9.26. The van der Waals surface area contributed by atoms with E-state index in [0.717, 1.165) is 0 Å². The molecule has 0 radical (unpaired) electrons. The summed E-state index contributed by atoms with van der Waals surface area (Å²) in [7, 11) is 0. The number of benzene rings is 1. The Hall–Kier alpha value is -0.433. The average molecular weight is 305 g/mol. The molecule has 0 amide bonds. The van der Waals surface area contributed by atoms with Crippen LogP contribution in [0.4, 0.5) is 22.0 Å². The van der Waals surface area contributed by atoms with Gasteiger partial charge < -0.3 is 0 Å². The van der Waals surface area contributed by atoms with Gasteiger partial charge in [0.15, 0.2) is 30.0 Å². The molecule has 0 saturated heterocycles. The molecule has 0 aliphatic rings. The van der Waals surface area contributed by atoms with Gasteiger partial charge in [-0.3, -0.25) is 0 Å². The van der Waals surface area contributed by atoms with E-state index in [2.05, 4.69) is 15.3 Å². The van der Waals surface area contributed by atoms with Crippen molar-refractivity contribution in [1.29, 1.82) is 0 Å². The fraction of sp³-hybridized carbons (Fsp3) is 0.250. The highest BCUT2D eigenvalue weighted by atomic mass is 79.9. The molecule has 1 aromatic carbocycles. The van der Waals surface area contributed by atoms with Crippen molar-refractivity contribution >= 4 is 27.2 Å². The quantitative estimate of drug-likeness (QED) is 0.246. The minimum absolute atomic E-state index is 0.737. The average Bonchev–Trinajstić information content (AvgIpc) is 2.09. The van der Waals surface area contributed by atoms with Crippen LogP contribution in [0.15, 0.2) is 0 Å². The van der Waals surface area contributed by atoms with Crippen molar-refractivity contribution in [1.82, 2.24) is 0 Å². The van der Waals surface area contributed by atoms with Gasteiger partial charge >= 0.3 is 0 Å². The second kappa shape index (κ2) is 3.86. The molecule has 0 saturated carbocycles. The van der Waals surface area contributed by atoms with Crippen molar-refractivity contribution < 1.29 is 22.0 Å². The van der Waals surface area contributed by atoms with Crippen molar-refractivity contribution in [2.24, 2.45) is 0 Å². The fourth-order valence-electron chi connectivity index (χ4n) is 1.13. The summed E-state index contributed by atoms with van der Waals surface area (Å²) in [6, 6.07) is 0. The Morgan fingerprint density at radius 3 is 1.27 bits per heavy atom. The van der Waals surface area contributed by atoms with Gasteiger partial charge in [0.05, 0.1) is 0 Å². The second-order valence-electron chi connectivity index (χ2n) is 3.42. The molecule has 7 heteroatoms. The molecule has 0 unspecified atom stereocenters. The Kier molecular flexibility index (Phi) is 3.25. The van der Waals surface area contributed by atoms with Gasteiger partial charge in [0, 0.05) is 5.19 Å². The zero-order valence-corrected chi connectivity index (χ0v) is 10.4. The van der Waals surface area contributed by atoms with E-state index in [1.807, 2.05) is 0 Å². The zero-order chi connectivity index (χ0) is 12.0. The first kappa shape index (κ1) is 12.6. The molecule has 1 rings (SSSR count). The van der Waals surface area contributed by atoms with Gasteiger partial charge in [-0.1, -0.05) is 13.1 Å². The molecule has 0 atom stereocenters. The van der Waals surface area contributed by atoms with Crippen LogP contribution >= 0.6 is 15.3 Å². The maximum atomic E-state index is 13.2. The molecule has 0 fully saturated rings. The first-order chi connectivity index (χ1) is 6.68. The Bertz CT molecular complexity index is 383. The highest BCUT2D eigenvalue weighted by Crippen LogP contribution is 2.22. The van der Waals surface area contributed by atoms with E-state index < -0.39 is 41.0 Å². The SMILES string of the molecule is C[Si](C)(Br)c1c(F)c(F)c(F)c(F)c1F. The van der Waals surface area contributed by atoms with Crippen LogP contribution in [0, 0.1) is 29.1 Å². The van der Waals surface area contributed by atoms with Gasteiger partial charge in [-0.05, 0) is 0 Å². The van der Waals surface area contributed by atoms with E-state index >= 15 is 0 Å². The lowest BCUT2D eigenvalue weighted by atomic mass is 10.3. The standard InChI is InChI=1S/C8H6BrF5Si/c1-15(2,9)8-6(13)4(11)3(10)5(12)7(8)14/h1-2H3. The maximum absolute atomic E-state index is 13.2. The lowest BCUT2D eigenvalue weighted by molar-refractivity contribution is 0.384. The minimum atomic E-state index is -2.79. The molecular formula is C8H6BrF5Si. The summed E-state index contributed by atoms with van der Waals surface area (Å²) < 4.78 is 64.6. The summed E-state index contributed by atoms with van der Waals surface area (Å²) in [6.45, 7) is 0.0515. The molecule has 0 nitrogen and oxygen atoms in total. The first-order valence-electron chi connectivity index (χ1n) is 3.88. The zero-order valence-electron chi connectivity index (χ0n) is 7.77. The number of hydrogen-bond acceptors (Lipinski definition) is 0. The van der Waals surface area contributed by atoms with Crippen LogP contribution in [0.5, 0.6) is 0 Å². The Morgan fingerprint density at radius 1 is 0.733 bits per heavy atom. The monoisotopic (exact) mass is 304 g/mol. The predicted octanol–water partition coefficient (Wildman–Crippen LogP) is 3.19. The van der Waals surface area contributed by atoms with E-state index in [1.165, 1.54) is 13.1 Å². The minimum Gasteiger partial charge on any atom is -0.204 e. The van der Waals surface area contributed by atoms with Crippen LogP contribution in [0.3, 0.4) is 0 Å². The Labute approximate surface area is 91.7 Å². The van der Waals surface area contributed by atoms with Crippen LogP contribution in [0.2, 0.25) is 13.1 Å². The summed E-state index contributed by atoms with van der Waals surface area (Å²) in [6.07, 6.45) is 0.